The molecule has 1 N–H and O–H groups in total. The molecule has 39 heavy (non-hydrogen) atoms. The number of aromatic nitrogens is 1. The SMILES string of the molecule is CC(C)(C)c1cc(-c2c[c]([Ge]([CH3])([CH3])[CH3])ccn2)[c-]c2ccccc12.CCC(CC)/C(O)=C/C(=O)C(C)(C)F.[Ir]. The minimum Gasteiger partial charge on any atom is -0.512 e. The van der Waals surface area contributed by atoms with Gasteiger partial charge in [0.1, 0.15) is 0 Å². The summed E-state index contributed by atoms with van der Waals surface area (Å²) in [6.07, 6.45) is 4.47. The number of ketones is 1. The monoisotopic (exact) mass is 773 g/mol. The molecule has 1 heterocycles. The molecular weight excluding hydrogens is 726 g/mol. The third-order valence-corrected chi connectivity index (χ3v) is 11.0. The second-order valence-corrected chi connectivity index (χ2v) is 23.1. The molecule has 0 bridgehead atoms. The maximum atomic E-state index is 13.1. The number of aliphatic hydroxyl groups excluding tert-OH is 1. The molecule has 0 saturated heterocycles. The molecule has 3 aromatic rings. The molecule has 0 aliphatic rings. The van der Waals surface area contributed by atoms with E-state index in [-0.39, 0.29) is 37.2 Å². The number of alkyl halides is 1. The molecule has 215 valence electrons. The van der Waals surface area contributed by atoms with Gasteiger partial charge in [-0.1, -0.05) is 13.8 Å². The zero-order valence-corrected chi connectivity index (χ0v) is 29.7. The van der Waals surface area contributed by atoms with Gasteiger partial charge in [0.25, 0.3) is 0 Å². The third kappa shape index (κ3) is 9.95. The summed E-state index contributed by atoms with van der Waals surface area (Å²) in [5, 5.41) is 12.0. The van der Waals surface area contributed by atoms with E-state index in [2.05, 4.69) is 91.6 Å². The van der Waals surface area contributed by atoms with Crippen LogP contribution in [0.3, 0.4) is 0 Å². The van der Waals surface area contributed by atoms with E-state index in [1.807, 2.05) is 20.0 Å². The number of fused-ring (bicyclic) bond motifs is 1. The van der Waals surface area contributed by atoms with Gasteiger partial charge >= 0.3 is 148 Å². The van der Waals surface area contributed by atoms with Gasteiger partial charge in [0.05, 0.1) is 5.76 Å². The molecule has 0 atom stereocenters. The number of nitrogens with zero attached hydrogens (tertiary/aromatic N) is 1. The molecule has 0 spiro atoms. The smallest absolute Gasteiger partial charge is 0.195 e. The number of hydrogen-bond donors (Lipinski definition) is 1. The number of benzene rings is 2. The Kier molecular flexibility index (Phi) is 12.8. The zero-order chi connectivity index (χ0) is 28.9. The van der Waals surface area contributed by atoms with E-state index >= 15 is 0 Å². The fraction of sp³-hybridized carbons (Fsp3) is 0.455. The predicted octanol–water partition coefficient (Wildman–Crippen LogP) is 8.72. The maximum absolute atomic E-state index is 13.1. The van der Waals surface area contributed by atoms with Gasteiger partial charge in [-0.2, -0.15) is 0 Å². The van der Waals surface area contributed by atoms with Crippen LogP contribution in [0.1, 0.15) is 66.9 Å². The largest absolute Gasteiger partial charge is 0.512 e. The van der Waals surface area contributed by atoms with Crippen molar-refractivity contribution < 1.29 is 34.4 Å². The van der Waals surface area contributed by atoms with E-state index in [9.17, 15) is 14.3 Å². The Morgan fingerprint density at radius 1 is 1.05 bits per heavy atom. The van der Waals surface area contributed by atoms with Crippen molar-refractivity contribution in [2.45, 2.75) is 89.7 Å². The number of carbonyl (C=O) groups is 1. The summed E-state index contributed by atoms with van der Waals surface area (Å²) >= 11 is -1.87. The van der Waals surface area contributed by atoms with Gasteiger partial charge < -0.3 is 5.11 Å². The minimum absolute atomic E-state index is 0. The first kappa shape index (κ1) is 35.2. The fourth-order valence-electron chi connectivity index (χ4n) is 4.16. The van der Waals surface area contributed by atoms with Crippen LogP contribution in [0.5, 0.6) is 0 Å². The van der Waals surface area contributed by atoms with Gasteiger partial charge in [0.15, 0.2) is 11.5 Å². The molecule has 3 nitrogen and oxygen atoms in total. The Bertz CT molecular complexity index is 1280. The van der Waals surface area contributed by atoms with Crippen LogP contribution in [0.25, 0.3) is 22.0 Å². The van der Waals surface area contributed by atoms with Crippen LogP contribution in [0.2, 0.25) is 17.3 Å². The van der Waals surface area contributed by atoms with Crippen molar-refractivity contribution in [3.8, 4) is 11.3 Å². The molecule has 0 aliphatic heterocycles. The number of carbonyl (C=O) groups excluding carboxylic acids is 1. The van der Waals surface area contributed by atoms with Gasteiger partial charge in [-0.15, -0.1) is 0 Å². The molecule has 1 radical (unpaired) electrons. The first-order valence-corrected chi connectivity index (χ1v) is 20.9. The van der Waals surface area contributed by atoms with Crippen LogP contribution in [0.15, 0.2) is 60.5 Å². The Morgan fingerprint density at radius 3 is 2.15 bits per heavy atom. The van der Waals surface area contributed by atoms with Crippen LogP contribution in [0.4, 0.5) is 4.39 Å². The maximum Gasteiger partial charge on any atom is 0.195 e. The number of hydrogen-bond acceptors (Lipinski definition) is 3. The number of allylic oxidation sites excluding steroid dienone is 2. The summed E-state index contributed by atoms with van der Waals surface area (Å²) in [4.78, 5) is 15.9. The quantitative estimate of drug-likeness (QED) is 0.113. The molecule has 0 saturated carbocycles. The molecule has 0 amide bonds. The summed E-state index contributed by atoms with van der Waals surface area (Å²) in [7, 11) is 0. The third-order valence-electron chi connectivity index (χ3n) is 6.75. The molecule has 3 rings (SSSR count). The average molecular weight is 772 g/mol. The topological polar surface area (TPSA) is 50.2 Å². The summed E-state index contributed by atoms with van der Waals surface area (Å²) in [5.41, 5.74) is 1.69. The van der Waals surface area contributed by atoms with Crippen molar-refractivity contribution in [3.63, 3.8) is 0 Å². The molecular formula is C33H45FGeIrNO2-. The summed E-state index contributed by atoms with van der Waals surface area (Å²) in [5.74, 6) is 6.53. The second-order valence-electron chi connectivity index (χ2n) is 12.5. The first-order chi connectivity index (χ1) is 17.5. The normalized spacial score (nSPS) is 12.6. The van der Waals surface area contributed by atoms with Gasteiger partial charge in [-0.05, 0) is 26.7 Å². The van der Waals surface area contributed by atoms with Crippen LogP contribution in [-0.4, -0.2) is 34.8 Å². The zero-order valence-electron chi connectivity index (χ0n) is 25.2. The Labute approximate surface area is 251 Å². The van der Waals surface area contributed by atoms with Gasteiger partial charge in [0, 0.05) is 32.1 Å². The van der Waals surface area contributed by atoms with Gasteiger partial charge in [-0.3, -0.25) is 4.79 Å². The van der Waals surface area contributed by atoms with Gasteiger partial charge in [0.2, 0.25) is 0 Å². The summed E-state index contributed by atoms with van der Waals surface area (Å²) in [6.45, 7) is 13.0. The Balaban J connectivity index is 0.000000439. The number of pyridine rings is 1. The standard InChI is InChI=1S/C22H26GeN.C11H19FO2.Ir/c1-22(2,3)20-14-17(13-16-9-7-8-10-19(16)20)21-15-18(11-12-24-21)23(4,5)6;1-5-8(6-2)9(13)7-10(14)11(3,4)12;/h7-12,14-15H,1-6H3;7-8,13H,5-6H2,1-4H3;/q-1;;/b;9-7-;. The van der Waals surface area contributed by atoms with Crippen molar-refractivity contribution in [2.75, 3.05) is 0 Å². The van der Waals surface area contributed by atoms with E-state index in [1.165, 1.54) is 34.6 Å². The summed E-state index contributed by atoms with van der Waals surface area (Å²) < 4.78 is 14.6. The van der Waals surface area contributed by atoms with Crippen LogP contribution in [-0.2, 0) is 30.3 Å². The number of rotatable bonds is 7. The van der Waals surface area contributed by atoms with E-state index in [4.69, 9.17) is 0 Å². The van der Waals surface area contributed by atoms with Crippen molar-refractivity contribution in [3.05, 3.63) is 72.1 Å². The Morgan fingerprint density at radius 2 is 1.64 bits per heavy atom. The minimum atomic E-state index is -1.90. The van der Waals surface area contributed by atoms with Crippen molar-refractivity contribution in [1.29, 1.82) is 0 Å². The van der Waals surface area contributed by atoms with Crippen LogP contribution < -0.4 is 4.40 Å². The second kappa shape index (κ2) is 14.2. The van der Waals surface area contributed by atoms with Gasteiger partial charge in [-0.25, -0.2) is 4.39 Å². The van der Waals surface area contributed by atoms with Crippen LogP contribution in [0, 0.1) is 12.0 Å². The molecule has 2 aromatic carbocycles. The number of halogens is 1. The van der Waals surface area contributed by atoms with Crippen molar-refractivity contribution in [2.24, 2.45) is 5.92 Å². The van der Waals surface area contributed by atoms with E-state index in [0.717, 1.165) is 30.2 Å². The molecule has 0 aliphatic carbocycles. The fourth-order valence-corrected chi connectivity index (χ4v) is 6.56. The molecule has 1 aromatic heterocycles. The average Bonchev–Trinajstić information content (AvgIpc) is 2.83. The Hall–Kier alpha value is -1.82. The molecule has 0 fully saturated rings. The molecule has 6 heteroatoms. The van der Waals surface area contributed by atoms with Crippen LogP contribution >= 0.6 is 0 Å². The number of aliphatic hydroxyl groups is 1. The molecule has 0 unspecified atom stereocenters. The first-order valence-electron chi connectivity index (χ1n) is 13.5. The predicted molar refractivity (Wildman–Crippen MR) is 163 cm³/mol. The van der Waals surface area contributed by atoms with Crippen molar-refractivity contribution >= 4 is 34.2 Å². The van der Waals surface area contributed by atoms with Crippen molar-refractivity contribution in [1.82, 2.24) is 4.98 Å². The summed E-state index contributed by atoms with van der Waals surface area (Å²) in [6, 6.07) is 18.9. The van der Waals surface area contributed by atoms with E-state index < -0.39 is 24.7 Å². The van der Waals surface area contributed by atoms with E-state index in [1.54, 1.807) is 0 Å². The van der Waals surface area contributed by atoms with E-state index in [0.29, 0.717) is 0 Å².